The van der Waals surface area contributed by atoms with Crippen molar-refractivity contribution < 1.29 is 9.66 Å². The van der Waals surface area contributed by atoms with Crippen LogP contribution in [0.1, 0.15) is 17.0 Å². The maximum absolute atomic E-state index is 12.7. The number of nitro benzene ring substituents is 1. The molecule has 0 atom stereocenters. The van der Waals surface area contributed by atoms with Crippen LogP contribution in [0.5, 0.6) is 5.88 Å². The molecule has 2 aromatic heterocycles. The largest absolute Gasteiger partial charge is 0.481 e. The molecule has 0 bridgehead atoms. The van der Waals surface area contributed by atoms with E-state index >= 15 is 0 Å². The van der Waals surface area contributed by atoms with Crippen molar-refractivity contribution in [2.24, 2.45) is 10.2 Å². The van der Waals surface area contributed by atoms with Crippen LogP contribution in [0.15, 0.2) is 39.3 Å². The first-order valence-corrected chi connectivity index (χ1v) is 8.19. The summed E-state index contributed by atoms with van der Waals surface area (Å²) in [4.78, 5) is 31.5. The first-order chi connectivity index (χ1) is 13.3. The Hall–Kier alpha value is -3.89. The molecule has 3 aromatic rings. The van der Waals surface area contributed by atoms with Crippen LogP contribution in [0.25, 0.3) is 5.95 Å². The number of H-pyrrole nitrogens is 1. The lowest BCUT2D eigenvalue weighted by molar-refractivity contribution is -0.384. The van der Waals surface area contributed by atoms with E-state index in [4.69, 9.17) is 4.74 Å². The summed E-state index contributed by atoms with van der Waals surface area (Å²) in [6.45, 7) is 5.28. The highest BCUT2D eigenvalue weighted by Crippen LogP contribution is 2.22. The van der Waals surface area contributed by atoms with Gasteiger partial charge >= 0.3 is 5.56 Å². The zero-order valence-corrected chi connectivity index (χ0v) is 15.6. The number of nitrogens with zero attached hydrogens (tertiary/aromatic N) is 6. The van der Waals surface area contributed by atoms with E-state index in [1.54, 1.807) is 13.8 Å². The minimum absolute atomic E-state index is 0.0556. The van der Waals surface area contributed by atoms with Crippen molar-refractivity contribution >= 4 is 17.1 Å². The molecular weight excluding hydrogens is 366 g/mol. The fourth-order valence-electron chi connectivity index (χ4n) is 2.43. The fourth-order valence-corrected chi connectivity index (χ4v) is 2.43. The van der Waals surface area contributed by atoms with Gasteiger partial charge in [0.15, 0.2) is 5.69 Å². The Labute approximate surface area is 158 Å². The molecule has 3 rings (SSSR count). The second-order valence-electron chi connectivity index (χ2n) is 5.94. The SMILES string of the molecule is COc1nc(-n2[nH]c(C)c(N=Nc3ccc([N+](=O)[O-])cc3)c2=O)nc(C)c1C. The first kappa shape index (κ1) is 18.9. The van der Waals surface area contributed by atoms with Gasteiger partial charge in [0.2, 0.25) is 5.88 Å². The quantitative estimate of drug-likeness (QED) is 0.407. The zero-order valence-electron chi connectivity index (χ0n) is 15.6. The van der Waals surface area contributed by atoms with E-state index in [1.807, 2.05) is 6.92 Å². The molecule has 28 heavy (non-hydrogen) atoms. The van der Waals surface area contributed by atoms with Crippen LogP contribution in [0.4, 0.5) is 17.1 Å². The number of aromatic amines is 1. The van der Waals surface area contributed by atoms with Gasteiger partial charge in [0, 0.05) is 23.4 Å². The molecule has 0 aliphatic rings. The van der Waals surface area contributed by atoms with Crippen LogP contribution < -0.4 is 10.3 Å². The van der Waals surface area contributed by atoms with E-state index in [1.165, 1.54) is 31.4 Å². The zero-order chi connectivity index (χ0) is 20.4. The standard InChI is InChI=1S/C17H17N7O4/c1-9-10(2)18-17(19-15(9)28-4)23-16(25)14(11(3)22-23)21-20-12-5-7-13(8-6-12)24(26)27/h5-8,22H,1-4H3. The van der Waals surface area contributed by atoms with E-state index in [0.717, 1.165) is 10.2 Å². The second kappa shape index (κ2) is 7.39. The monoisotopic (exact) mass is 383 g/mol. The molecule has 1 N–H and O–H groups in total. The van der Waals surface area contributed by atoms with E-state index in [9.17, 15) is 14.9 Å². The summed E-state index contributed by atoms with van der Waals surface area (Å²) in [5, 5.41) is 21.5. The van der Waals surface area contributed by atoms with Gasteiger partial charge in [0.1, 0.15) is 0 Å². The molecule has 0 fully saturated rings. The number of benzene rings is 1. The molecule has 11 heteroatoms. The van der Waals surface area contributed by atoms with Crippen molar-refractivity contribution in [1.82, 2.24) is 19.7 Å². The van der Waals surface area contributed by atoms with E-state index < -0.39 is 10.5 Å². The third-order valence-electron chi connectivity index (χ3n) is 4.09. The molecule has 1 aromatic carbocycles. The van der Waals surface area contributed by atoms with Gasteiger partial charge in [-0.3, -0.25) is 20.0 Å². The van der Waals surface area contributed by atoms with Crippen molar-refractivity contribution in [3.8, 4) is 11.8 Å². The Morgan fingerprint density at radius 2 is 1.82 bits per heavy atom. The third-order valence-corrected chi connectivity index (χ3v) is 4.09. The lowest BCUT2D eigenvalue weighted by atomic mass is 10.3. The highest BCUT2D eigenvalue weighted by molar-refractivity contribution is 5.46. The summed E-state index contributed by atoms with van der Waals surface area (Å²) >= 11 is 0. The lowest BCUT2D eigenvalue weighted by Crippen LogP contribution is -2.18. The van der Waals surface area contributed by atoms with Crippen LogP contribution >= 0.6 is 0 Å². The van der Waals surface area contributed by atoms with E-state index in [2.05, 4.69) is 25.3 Å². The minimum atomic E-state index is -0.506. The second-order valence-corrected chi connectivity index (χ2v) is 5.94. The average Bonchev–Trinajstić information content (AvgIpc) is 2.96. The summed E-state index contributed by atoms with van der Waals surface area (Å²) in [7, 11) is 1.49. The highest BCUT2D eigenvalue weighted by atomic mass is 16.6. The van der Waals surface area contributed by atoms with E-state index in [0.29, 0.717) is 23.0 Å². The number of hydrogen-bond acceptors (Lipinski definition) is 8. The minimum Gasteiger partial charge on any atom is -0.481 e. The number of aryl methyl sites for hydroxylation is 2. The molecule has 0 spiro atoms. The summed E-state index contributed by atoms with van der Waals surface area (Å²) in [6.07, 6.45) is 0. The number of non-ortho nitro benzene ring substituents is 1. The van der Waals surface area contributed by atoms with Gasteiger partial charge in [-0.25, -0.2) is 4.98 Å². The molecule has 2 heterocycles. The maximum atomic E-state index is 12.7. The molecule has 0 saturated carbocycles. The van der Waals surface area contributed by atoms with Gasteiger partial charge in [-0.1, -0.05) is 0 Å². The Bertz CT molecular complexity index is 1130. The predicted molar refractivity (Wildman–Crippen MR) is 100 cm³/mol. The number of ether oxygens (including phenoxy) is 1. The maximum Gasteiger partial charge on any atom is 0.301 e. The van der Waals surface area contributed by atoms with Crippen LogP contribution in [0, 0.1) is 30.9 Å². The van der Waals surface area contributed by atoms with Gasteiger partial charge in [0.25, 0.3) is 11.6 Å². The smallest absolute Gasteiger partial charge is 0.301 e. The first-order valence-electron chi connectivity index (χ1n) is 8.19. The van der Waals surface area contributed by atoms with Gasteiger partial charge in [-0.05, 0) is 32.9 Å². The van der Waals surface area contributed by atoms with Crippen molar-refractivity contribution in [3.05, 3.63) is 61.7 Å². The molecule has 0 amide bonds. The van der Waals surface area contributed by atoms with Crippen molar-refractivity contribution in [1.29, 1.82) is 0 Å². The van der Waals surface area contributed by atoms with Gasteiger partial charge in [-0.2, -0.15) is 14.8 Å². The Morgan fingerprint density at radius 3 is 2.43 bits per heavy atom. The number of rotatable bonds is 5. The number of nitro groups is 1. The van der Waals surface area contributed by atoms with Gasteiger partial charge in [-0.15, -0.1) is 5.11 Å². The summed E-state index contributed by atoms with van der Waals surface area (Å²) in [6, 6.07) is 5.51. The Balaban J connectivity index is 1.98. The molecule has 0 saturated heterocycles. The highest BCUT2D eigenvalue weighted by Gasteiger charge is 2.17. The van der Waals surface area contributed by atoms with Crippen LogP contribution in [0.3, 0.4) is 0 Å². The topological polar surface area (TPSA) is 141 Å². The van der Waals surface area contributed by atoms with E-state index in [-0.39, 0.29) is 17.3 Å². The van der Waals surface area contributed by atoms with Gasteiger partial charge < -0.3 is 4.74 Å². The Kier molecular flexibility index (Phi) is 4.98. The van der Waals surface area contributed by atoms with Crippen LogP contribution in [-0.2, 0) is 0 Å². The van der Waals surface area contributed by atoms with Crippen molar-refractivity contribution in [2.75, 3.05) is 7.11 Å². The number of azo groups is 1. The molecule has 0 unspecified atom stereocenters. The summed E-state index contributed by atoms with van der Waals surface area (Å²) in [5.41, 5.74) is 1.85. The number of hydrogen-bond donors (Lipinski definition) is 1. The third kappa shape index (κ3) is 3.49. The Morgan fingerprint density at radius 1 is 1.14 bits per heavy atom. The number of aromatic nitrogens is 4. The number of methoxy groups -OCH3 is 1. The van der Waals surface area contributed by atoms with Crippen molar-refractivity contribution in [3.63, 3.8) is 0 Å². The van der Waals surface area contributed by atoms with Crippen LogP contribution in [-0.4, -0.2) is 31.8 Å². The molecule has 0 aliphatic heterocycles. The van der Waals surface area contributed by atoms with Crippen LogP contribution in [0.2, 0.25) is 0 Å². The predicted octanol–water partition coefficient (Wildman–Crippen LogP) is 3.21. The molecular formula is C17H17N7O4. The fraction of sp³-hybridized carbons (Fsp3) is 0.235. The van der Waals surface area contributed by atoms with Gasteiger partial charge in [0.05, 0.1) is 23.4 Å². The summed E-state index contributed by atoms with van der Waals surface area (Å²) in [5.74, 6) is 0.501. The molecule has 144 valence electrons. The molecule has 0 aliphatic carbocycles. The average molecular weight is 383 g/mol. The lowest BCUT2D eigenvalue weighted by Gasteiger charge is -2.08. The molecule has 11 nitrogen and oxygen atoms in total. The van der Waals surface area contributed by atoms with Crippen molar-refractivity contribution in [2.45, 2.75) is 20.8 Å². The number of nitrogens with one attached hydrogen (secondary N) is 1. The molecule has 0 radical (unpaired) electrons. The summed E-state index contributed by atoms with van der Waals surface area (Å²) < 4.78 is 6.39. The normalized spacial score (nSPS) is 11.1.